The van der Waals surface area contributed by atoms with Crippen LogP contribution in [0.3, 0.4) is 0 Å². The summed E-state index contributed by atoms with van der Waals surface area (Å²) in [6.45, 7) is 7.52. The van der Waals surface area contributed by atoms with E-state index in [4.69, 9.17) is 0 Å². The number of nitrogens with one attached hydrogen (secondary N) is 1. The normalized spacial score (nSPS) is 24.3. The summed E-state index contributed by atoms with van der Waals surface area (Å²) in [7, 11) is 0. The van der Waals surface area contributed by atoms with Gasteiger partial charge in [-0.05, 0) is 50.5 Å². The van der Waals surface area contributed by atoms with Crippen LogP contribution < -0.4 is 5.32 Å². The van der Waals surface area contributed by atoms with Crippen molar-refractivity contribution in [2.75, 3.05) is 13.1 Å². The molecule has 1 aliphatic carbocycles. The summed E-state index contributed by atoms with van der Waals surface area (Å²) in [4.78, 5) is 28.3. The van der Waals surface area contributed by atoms with Gasteiger partial charge in [-0.25, -0.2) is 0 Å². The van der Waals surface area contributed by atoms with Crippen LogP contribution in [0.25, 0.3) is 0 Å². The van der Waals surface area contributed by atoms with Gasteiger partial charge in [0.1, 0.15) is 0 Å². The topological polar surface area (TPSA) is 73.2 Å². The quantitative estimate of drug-likeness (QED) is 0.736. The van der Waals surface area contributed by atoms with Gasteiger partial charge in [-0.2, -0.15) is 5.26 Å². The molecule has 0 aromatic heterocycles. The minimum absolute atomic E-state index is 0.0406. The molecule has 5 heteroatoms. The molecule has 0 radical (unpaired) electrons. The Morgan fingerprint density at radius 3 is 2.29 bits per heavy atom. The van der Waals surface area contributed by atoms with Crippen molar-refractivity contribution in [3.05, 3.63) is 35.9 Å². The number of nitrogens with zero attached hydrogens (tertiary/aromatic N) is 2. The number of nitriles is 1. The number of carbonyl (C=O) groups is 2. The van der Waals surface area contributed by atoms with Crippen molar-refractivity contribution < 1.29 is 9.59 Å². The molecule has 2 amide bonds. The predicted molar refractivity (Wildman–Crippen MR) is 122 cm³/mol. The average Bonchev–Trinajstić information content (AvgIpc) is 2.78. The first-order valence-electron chi connectivity index (χ1n) is 11.9. The second-order valence-electron chi connectivity index (χ2n) is 9.92. The number of likely N-dealkylation sites (tertiary alicyclic amines) is 1. The third kappa shape index (κ3) is 5.47. The van der Waals surface area contributed by atoms with Gasteiger partial charge in [0, 0.05) is 31.0 Å². The Morgan fingerprint density at radius 1 is 1.10 bits per heavy atom. The summed E-state index contributed by atoms with van der Waals surface area (Å²) in [6.07, 6.45) is 5.82. The van der Waals surface area contributed by atoms with Crippen LogP contribution in [0.15, 0.2) is 30.3 Å². The summed E-state index contributed by atoms with van der Waals surface area (Å²) < 4.78 is 0. The van der Waals surface area contributed by atoms with Crippen molar-refractivity contribution in [3.63, 3.8) is 0 Å². The molecule has 1 saturated carbocycles. The van der Waals surface area contributed by atoms with Crippen molar-refractivity contribution in [1.29, 1.82) is 5.26 Å². The van der Waals surface area contributed by atoms with Crippen molar-refractivity contribution >= 4 is 11.8 Å². The van der Waals surface area contributed by atoms with E-state index in [0.29, 0.717) is 31.8 Å². The van der Waals surface area contributed by atoms with E-state index in [1.165, 1.54) is 0 Å². The molecule has 0 spiro atoms. The number of hydrogen-bond acceptors (Lipinski definition) is 3. The Morgan fingerprint density at radius 2 is 1.71 bits per heavy atom. The Hall–Kier alpha value is -2.35. The van der Waals surface area contributed by atoms with Crippen LogP contribution in [-0.2, 0) is 15.0 Å². The van der Waals surface area contributed by atoms with Gasteiger partial charge in [0.2, 0.25) is 11.8 Å². The maximum Gasteiger partial charge on any atom is 0.226 e. The SMILES string of the molecule is CC(C)CC(C)NC(=O)C1CCCCC1C(=O)N1CCC(C#N)(c2ccccc2)CC1. The van der Waals surface area contributed by atoms with Gasteiger partial charge in [-0.15, -0.1) is 0 Å². The monoisotopic (exact) mass is 423 g/mol. The summed E-state index contributed by atoms with van der Waals surface area (Å²) in [5, 5.41) is 13.1. The standard InChI is InChI=1S/C26H37N3O2/c1-19(2)17-20(3)28-24(30)22-11-7-8-12-23(22)25(31)29-15-13-26(18-27,14-16-29)21-9-5-4-6-10-21/h4-6,9-10,19-20,22-23H,7-8,11-17H2,1-3H3,(H,28,30). The van der Waals surface area contributed by atoms with Gasteiger partial charge in [-0.3, -0.25) is 9.59 Å². The molecule has 2 fully saturated rings. The minimum atomic E-state index is -0.520. The van der Waals surface area contributed by atoms with Crippen LogP contribution >= 0.6 is 0 Å². The predicted octanol–water partition coefficient (Wildman–Crippen LogP) is 4.43. The van der Waals surface area contributed by atoms with E-state index in [2.05, 4.69) is 25.2 Å². The Balaban J connectivity index is 1.64. The van der Waals surface area contributed by atoms with Crippen molar-refractivity contribution in [3.8, 4) is 6.07 Å². The van der Waals surface area contributed by atoms with E-state index in [-0.39, 0.29) is 29.7 Å². The number of piperidine rings is 1. The molecular weight excluding hydrogens is 386 g/mol. The Bertz CT molecular complexity index is 791. The minimum Gasteiger partial charge on any atom is -0.353 e. The fraction of sp³-hybridized carbons (Fsp3) is 0.654. The number of benzene rings is 1. The molecule has 1 N–H and O–H groups in total. The Kier molecular flexibility index (Phi) is 7.75. The van der Waals surface area contributed by atoms with Crippen LogP contribution in [0.5, 0.6) is 0 Å². The summed E-state index contributed by atoms with van der Waals surface area (Å²) in [5.41, 5.74) is 0.520. The van der Waals surface area contributed by atoms with Crippen LogP contribution in [0.1, 0.15) is 71.3 Å². The van der Waals surface area contributed by atoms with Crippen LogP contribution in [0.2, 0.25) is 0 Å². The van der Waals surface area contributed by atoms with E-state index in [1.54, 1.807) is 0 Å². The average molecular weight is 424 g/mol. The van der Waals surface area contributed by atoms with Gasteiger partial charge in [0.05, 0.1) is 11.5 Å². The molecule has 1 saturated heterocycles. The maximum atomic E-state index is 13.4. The molecule has 3 atom stereocenters. The van der Waals surface area contributed by atoms with Crippen LogP contribution in [0, 0.1) is 29.1 Å². The zero-order valence-electron chi connectivity index (χ0n) is 19.3. The van der Waals surface area contributed by atoms with Crippen molar-refractivity contribution in [2.24, 2.45) is 17.8 Å². The molecule has 1 heterocycles. The molecule has 3 unspecified atom stereocenters. The largest absolute Gasteiger partial charge is 0.353 e. The summed E-state index contributed by atoms with van der Waals surface area (Å²) >= 11 is 0. The third-order valence-corrected chi connectivity index (χ3v) is 7.10. The zero-order valence-corrected chi connectivity index (χ0v) is 19.3. The maximum absolute atomic E-state index is 13.4. The fourth-order valence-electron chi connectivity index (χ4n) is 5.42. The van der Waals surface area contributed by atoms with E-state index in [1.807, 2.05) is 42.2 Å². The van der Waals surface area contributed by atoms with E-state index >= 15 is 0 Å². The molecule has 168 valence electrons. The first kappa shape index (κ1) is 23.3. The van der Waals surface area contributed by atoms with Gasteiger partial charge >= 0.3 is 0 Å². The molecule has 1 aromatic carbocycles. The molecular formula is C26H37N3O2. The second-order valence-corrected chi connectivity index (χ2v) is 9.92. The van der Waals surface area contributed by atoms with Gasteiger partial charge in [-0.1, -0.05) is 57.0 Å². The lowest BCUT2D eigenvalue weighted by molar-refractivity contribution is -0.145. The van der Waals surface area contributed by atoms with Gasteiger partial charge < -0.3 is 10.2 Å². The number of carbonyl (C=O) groups excluding carboxylic acids is 2. The highest BCUT2D eigenvalue weighted by atomic mass is 16.2. The van der Waals surface area contributed by atoms with Gasteiger partial charge in [0.15, 0.2) is 0 Å². The lowest BCUT2D eigenvalue weighted by Crippen LogP contribution is -2.50. The highest BCUT2D eigenvalue weighted by Crippen LogP contribution is 2.37. The second kappa shape index (κ2) is 10.3. The van der Waals surface area contributed by atoms with Crippen LogP contribution in [-0.4, -0.2) is 35.8 Å². The molecule has 0 bridgehead atoms. The summed E-state index contributed by atoms with van der Waals surface area (Å²) in [6, 6.07) is 12.6. The zero-order chi connectivity index (χ0) is 22.4. The molecule has 1 aromatic rings. The van der Waals surface area contributed by atoms with Crippen molar-refractivity contribution in [2.45, 2.75) is 77.2 Å². The van der Waals surface area contributed by atoms with Crippen molar-refractivity contribution in [1.82, 2.24) is 10.2 Å². The first-order valence-corrected chi connectivity index (χ1v) is 11.9. The molecule has 2 aliphatic rings. The van der Waals surface area contributed by atoms with E-state index < -0.39 is 5.41 Å². The molecule has 3 rings (SSSR count). The first-order chi connectivity index (χ1) is 14.9. The third-order valence-electron chi connectivity index (χ3n) is 7.10. The molecule has 5 nitrogen and oxygen atoms in total. The smallest absolute Gasteiger partial charge is 0.226 e. The number of amides is 2. The number of rotatable bonds is 6. The lowest BCUT2D eigenvalue weighted by atomic mass is 9.73. The van der Waals surface area contributed by atoms with Gasteiger partial charge in [0.25, 0.3) is 0 Å². The molecule has 31 heavy (non-hydrogen) atoms. The van der Waals surface area contributed by atoms with E-state index in [9.17, 15) is 14.9 Å². The van der Waals surface area contributed by atoms with E-state index in [0.717, 1.165) is 37.7 Å². The molecule has 1 aliphatic heterocycles. The van der Waals surface area contributed by atoms with Crippen LogP contribution in [0.4, 0.5) is 0 Å². The lowest BCUT2D eigenvalue weighted by Gasteiger charge is -2.40. The number of hydrogen-bond donors (Lipinski definition) is 1. The Labute approximate surface area is 187 Å². The fourth-order valence-corrected chi connectivity index (χ4v) is 5.42. The highest BCUT2D eigenvalue weighted by Gasteiger charge is 2.42. The summed E-state index contributed by atoms with van der Waals surface area (Å²) in [5.74, 6) is 0.214. The highest BCUT2D eigenvalue weighted by molar-refractivity contribution is 5.88.